The first kappa shape index (κ1) is 12.5. The van der Waals surface area contributed by atoms with E-state index in [1.807, 2.05) is 24.0 Å². The van der Waals surface area contributed by atoms with Crippen LogP contribution in [0.25, 0.3) is 0 Å². The highest BCUT2D eigenvalue weighted by Gasteiger charge is 2.31. The molecule has 0 saturated carbocycles. The summed E-state index contributed by atoms with van der Waals surface area (Å²) in [5.41, 5.74) is 6.84. The fraction of sp³-hybridized carbons (Fsp3) is 0.750. The second-order valence-corrected chi connectivity index (χ2v) is 4.54. The van der Waals surface area contributed by atoms with Crippen LogP contribution in [0, 0.1) is 0 Å². The van der Waals surface area contributed by atoms with Crippen molar-refractivity contribution in [3.63, 3.8) is 0 Å². The Labute approximate surface area is 102 Å². The second kappa shape index (κ2) is 5.62. The Morgan fingerprint density at radius 2 is 2.29 bits per heavy atom. The zero-order chi connectivity index (χ0) is 12.1. The molecule has 0 aromatic carbocycles. The van der Waals surface area contributed by atoms with Crippen LogP contribution in [-0.4, -0.2) is 41.7 Å². The smallest absolute Gasteiger partial charge is 0.0848 e. The van der Waals surface area contributed by atoms with Crippen molar-refractivity contribution in [2.45, 2.75) is 24.9 Å². The molecule has 1 aliphatic rings. The van der Waals surface area contributed by atoms with Gasteiger partial charge in [0.15, 0.2) is 0 Å². The lowest BCUT2D eigenvalue weighted by atomic mass is 9.94. The molecule has 1 aliphatic heterocycles. The summed E-state index contributed by atoms with van der Waals surface area (Å²) in [4.78, 5) is 0. The van der Waals surface area contributed by atoms with Gasteiger partial charge in [-0.25, -0.2) is 0 Å². The van der Waals surface area contributed by atoms with Gasteiger partial charge >= 0.3 is 0 Å². The van der Waals surface area contributed by atoms with Crippen molar-refractivity contribution in [1.82, 2.24) is 9.78 Å². The van der Waals surface area contributed by atoms with Gasteiger partial charge in [0.1, 0.15) is 0 Å². The summed E-state index contributed by atoms with van der Waals surface area (Å²) in [5, 5.41) is 4.14. The third-order valence-electron chi connectivity index (χ3n) is 3.46. The SMILES string of the molecule is Cn1nccc1CCOC1(CN)CCOCC1. The van der Waals surface area contributed by atoms with E-state index in [1.54, 1.807) is 0 Å². The van der Waals surface area contributed by atoms with E-state index in [9.17, 15) is 0 Å². The molecule has 2 rings (SSSR count). The van der Waals surface area contributed by atoms with Gasteiger partial charge in [-0.3, -0.25) is 4.68 Å². The van der Waals surface area contributed by atoms with Crippen LogP contribution in [0.4, 0.5) is 0 Å². The molecule has 1 fully saturated rings. The maximum Gasteiger partial charge on any atom is 0.0848 e. The number of rotatable bonds is 5. The number of aryl methyl sites for hydroxylation is 1. The zero-order valence-electron chi connectivity index (χ0n) is 10.4. The van der Waals surface area contributed by atoms with Gasteiger partial charge < -0.3 is 15.2 Å². The summed E-state index contributed by atoms with van der Waals surface area (Å²) in [6.07, 6.45) is 4.48. The molecular weight excluding hydrogens is 218 g/mol. The van der Waals surface area contributed by atoms with Gasteiger partial charge in [0.05, 0.1) is 12.2 Å². The predicted octanol–water partition coefficient (Wildman–Crippen LogP) is 0.487. The highest BCUT2D eigenvalue weighted by Crippen LogP contribution is 2.24. The Morgan fingerprint density at radius 1 is 1.53 bits per heavy atom. The van der Waals surface area contributed by atoms with Gasteiger partial charge in [0, 0.05) is 58.0 Å². The topological polar surface area (TPSA) is 62.3 Å². The van der Waals surface area contributed by atoms with Crippen LogP contribution in [0.1, 0.15) is 18.5 Å². The Bertz CT molecular complexity index is 345. The van der Waals surface area contributed by atoms with Crippen molar-refractivity contribution in [3.05, 3.63) is 18.0 Å². The first-order valence-corrected chi connectivity index (χ1v) is 6.14. The molecule has 5 heteroatoms. The average molecular weight is 239 g/mol. The molecular formula is C12H21N3O2. The lowest BCUT2D eigenvalue weighted by Gasteiger charge is -2.36. The molecule has 0 unspecified atom stereocenters. The number of hydrogen-bond donors (Lipinski definition) is 1. The van der Waals surface area contributed by atoms with E-state index >= 15 is 0 Å². The van der Waals surface area contributed by atoms with Crippen molar-refractivity contribution in [1.29, 1.82) is 0 Å². The van der Waals surface area contributed by atoms with Crippen molar-refractivity contribution in [2.75, 3.05) is 26.4 Å². The summed E-state index contributed by atoms with van der Waals surface area (Å²) in [6.45, 7) is 2.77. The summed E-state index contributed by atoms with van der Waals surface area (Å²) in [6, 6.07) is 2.02. The highest BCUT2D eigenvalue weighted by atomic mass is 16.5. The molecule has 2 N–H and O–H groups in total. The normalized spacial score (nSPS) is 19.4. The molecule has 1 aromatic heterocycles. The molecule has 0 atom stereocenters. The van der Waals surface area contributed by atoms with E-state index in [0.29, 0.717) is 13.2 Å². The molecule has 0 spiro atoms. The molecule has 0 bridgehead atoms. The van der Waals surface area contributed by atoms with Crippen LogP contribution < -0.4 is 5.73 Å². The van der Waals surface area contributed by atoms with Crippen molar-refractivity contribution in [3.8, 4) is 0 Å². The summed E-state index contributed by atoms with van der Waals surface area (Å²) >= 11 is 0. The third-order valence-corrected chi connectivity index (χ3v) is 3.46. The Morgan fingerprint density at radius 3 is 2.88 bits per heavy atom. The lowest BCUT2D eigenvalue weighted by molar-refractivity contribution is -0.104. The first-order valence-electron chi connectivity index (χ1n) is 6.14. The molecule has 5 nitrogen and oxygen atoms in total. The van der Waals surface area contributed by atoms with Crippen molar-refractivity contribution >= 4 is 0 Å². The number of nitrogens with two attached hydrogens (primary N) is 1. The Hall–Kier alpha value is -0.910. The molecule has 0 radical (unpaired) electrons. The molecule has 96 valence electrons. The molecule has 0 aliphatic carbocycles. The van der Waals surface area contributed by atoms with Crippen LogP contribution in [0.2, 0.25) is 0 Å². The predicted molar refractivity (Wildman–Crippen MR) is 64.7 cm³/mol. The van der Waals surface area contributed by atoms with Crippen molar-refractivity contribution < 1.29 is 9.47 Å². The minimum Gasteiger partial charge on any atom is -0.381 e. The zero-order valence-corrected chi connectivity index (χ0v) is 10.4. The van der Waals surface area contributed by atoms with E-state index < -0.39 is 0 Å². The minimum atomic E-state index is -0.170. The highest BCUT2D eigenvalue weighted by molar-refractivity contribution is 5.00. The van der Waals surface area contributed by atoms with Crippen LogP contribution in [-0.2, 0) is 22.9 Å². The molecule has 1 saturated heterocycles. The van der Waals surface area contributed by atoms with Gasteiger partial charge in [-0.2, -0.15) is 5.10 Å². The fourth-order valence-corrected chi connectivity index (χ4v) is 2.17. The summed E-state index contributed by atoms with van der Waals surface area (Å²) in [5.74, 6) is 0. The number of nitrogens with zero attached hydrogens (tertiary/aromatic N) is 2. The first-order chi connectivity index (χ1) is 8.26. The van der Waals surface area contributed by atoms with E-state index in [0.717, 1.165) is 32.5 Å². The van der Waals surface area contributed by atoms with Crippen molar-refractivity contribution in [2.24, 2.45) is 12.8 Å². The molecule has 2 heterocycles. The van der Waals surface area contributed by atoms with Gasteiger partial charge in [-0.05, 0) is 6.07 Å². The van der Waals surface area contributed by atoms with E-state index in [4.69, 9.17) is 15.2 Å². The van der Waals surface area contributed by atoms with E-state index in [1.165, 1.54) is 5.69 Å². The van der Waals surface area contributed by atoms with Gasteiger partial charge in [0.2, 0.25) is 0 Å². The Balaban J connectivity index is 1.82. The molecule has 0 amide bonds. The number of aromatic nitrogens is 2. The molecule has 1 aromatic rings. The lowest BCUT2D eigenvalue weighted by Crippen LogP contribution is -2.46. The number of hydrogen-bond acceptors (Lipinski definition) is 4. The van der Waals surface area contributed by atoms with Gasteiger partial charge in [0.25, 0.3) is 0 Å². The van der Waals surface area contributed by atoms with Crippen LogP contribution in [0.5, 0.6) is 0 Å². The number of ether oxygens (including phenoxy) is 2. The maximum atomic E-state index is 6.00. The summed E-state index contributed by atoms with van der Waals surface area (Å²) < 4.78 is 13.2. The fourth-order valence-electron chi connectivity index (χ4n) is 2.17. The minimum absolute atomic E-state index is 0.170. The monoisotopic (exact) mass is 239 g/mol. The average Bonchev–Trinajstić information content (AvgIpc) is 2.76. The standard InChI is InChI=1S/C12H21N3O2/c1-15-11(2-6-14-15)3-7-17-12(10-13)4-8-16-9-5-12/h2,6H,3-5,7-10,13H2,1H3. The maximum absolute atomic E-state index is 6.00. The van der Waals surface area contributed by atoms with Gasteiger partial charge in [-0.1, -0.05) is 0 Å². The second-order valence-electron chi connectivity index (χ2n) is 4.54. The Kier molecular flexibility index (Phi) is 4.15. The summed E-state index contributed by atoms with van der Waals surface area (Å²) in [7, 11) is 1.95. The quantitative estimate of drug-likeness (QED) is 0.812. The van der Waals surface area contributed by atoms with E-state index in [-0.39, 0.29) is 5.60 Å². The largest absolute Gasteiger partial charge is 0.381 e. The van der Waals surface area contributed by atoms with Crippen LogP contribution in [0.15, 0.2) is 12.3 Å². The van der Waals surface area contributed by atoms with Gasteiger partial charge in [-0.15, -0.1) is 0 Å². The van der Waals surface area contributed by atoms with E-state index in [2.05, 4.69) is 5.10 Å². The molecule has 17 heavy (non-hydrogen) atoms. The third kappa shape index (κ3) is 3.06. The van der Waals surface area contributed by atoms with Crippen LogP contribution in [0.3, 0.4) is 0 Å². The van der Waals surface area contributed by atoms with Crippen LogP contribution >= 0.6 is 0 Å².